The third-order valence-electron chi connectivity index (χ3n) is 3.89. The quantitative estimate of drug-likeness (QED) is 0.604. The van der Waals surface area contributed by atoms with Gasteiger partial charge in [-0.1, -0.05) is 11.6 Å². The van der Waals surface area contributed by atoms with E-state index in [9.17, 15) is 23.7 Å². The molecule has 26 heavy (non-hydrogen) atoms. The summed E-state index contributed by atoms with van der Waals surface area (Å²) in [5.41, 5.74) is 0.523. The number of amides is 1. The molecule has 9 heteroatoms. The SMILES string of the molecule is CC(C(=O)Nc1ccc(F)c(F)c1)N(C)Cc1cc([N+](=O)[O-])ccc1Cl. The van der Waals surface area contributed by atoms with E-state index in [1.165, 1.54) is 24.3 Å². The largest absolute Gasteiger partial charge is 0.325 e. The Balaban J connectivity index is 2.07. The molecule has 0 aromatic heterocycles. The zero-order valence-corrected chi connectivity index (χ0v) is 14.8. The summed E-state index contributed by atoms with van der Waals surface area (Å²) in [5.74, 6) is -2.51. The third-order valence-corrected chi connectivity index (χ3v) is 4.26. The van der Waals surface area contributed by atoms with Crippen LogP contribution in [0.1, 0.15) is 12.5 Å². The highest BCUT2D eigenvalue weighted by Crippen LogP contribution is 2.24. The first-order valence-electron chi connectivity index (χ1n) is 7.58. The van der Waals surface area contributed by atoms with Gasteiger partial charge in [-0.2, -0.15) is 0 Å². The van der Waals surface area contributed by atoms with Gasteiger partial charge in [0.15, 0.2) is 11.6 Å². The number of halogens is 3. The van der Waals surface area contributed by atoms with Crippen LogP contribution in [0.5, 0.6) is 0 Å². The van der Waals surface area contributed by atoms with Crippen molar-refractivity contribution in [1.82, 2.24) is 4.90 Å². The van der Waals surface area contributed by atoms with Gasteiger partial charge in [0.05, 0.1) is 11.0 Å². The zero-order chi connectivity index (χ0) is 19.4. The lowest BCUT2D eigenvalue weighted by Gasteiger charge is -2.24. The Kier molecular flexibility index (Phi) is 6.23. The van der Waals surface area contributed by atoms with Crippen LogP contribution in [-0.2, 0) is 11.3 Å². The summed E-state index contributed by atoms with van der Waals surface area (Å²) in [6.45, 7) is 1.80. The van der Waals surface area contributed by atoms with E-state index in [2.05, 4.69) is 5.32 Å². The smallest absolute Gasteiger partial charge is 0.269 e. The third kappa shape index (κ3) is 4.74. The highest BCUT2D eigenvalue weighted by molar-refractivity contribution is 6.31. The van der Waals surface area contributed by atoms with Crippen molar-refractivity contribution in [3.63, 3.8) is 0 Å². The van der Waals surface area contributed by atoms with Crippen molar-refractivity contribution in [2.45, 2.75) is 19.5 Å². The highest BCUT2D eigenvalue weighted by Gasteiger charge is 2.20. The van der Waals surface area contributed by atoms with Gasteiger partial charge in [-0.25, -0.2) is 8.78 Å². The number of carbonyl (C=O) groups is 1. The molecule has 1 atom stereocenters. The Hall–Kier alpha value is -2.58. The number of nitrogens with one attached hydrogen (secondary N) is 1. The second-order valence-electron chi connectivity index (χ2n) is 5.74. The summed E-state index contributed by atoms with van der Waals surface area (Å²) in [4.78, 5) is 24.3. The first kappa shape index (κ1) is 19.7. The fourth-order valence-electron chi connectivity index (χ4n) is 2.22. The summed E-state index contributed by atoms with van der Waals surface area (Å²) in [6.07, 6.45) is 0. The Bertz CT molecular complexity index is 848. The minimum absolute atomic E-state index is 0.100. The number of hydrogen-bond donors (Lipinski definition) is 1. The van der Waals surface area contributed by atoms with E-state index in [1.807, 2.05) is 0 Å². The minimum atomic E-state index is -1.06. The van der Waals surface area contributed by atoms with Crippen molar-refractivity contribution in [2.75, 3.05) is 12.4 Å². The summed E-state index contributed by atoms with van der Waals surface area (Å²) >= 11 is 6.06. The van der Waals surface area contributed by atoms with Gasteiger partial charge in [0, 0.05) is 35.5 Å². The summed E-state index contributed by atoms with van der Waals surface area (Å²) in [7, 11) is 1.64. The molecule has 0 aliphatic rings. The van der Waals surface area contributed by atoms with Gasteiger partial charge in [-0.05, 0) is 37.7 Å². The molecular weight excluding hydrogens is 368 g/mol. The van der Waals surface area contributed by atoms with Gasteiger partial charge < -0.3 is 5.32 Å². The molecule has 2 aromatic rings. The number of hydrogen-bond acceptors (Lipinski definition) is 4. The number of nitro benzene ring substituents is 1. The maximum atomic E-state index is 13.2. The number of non-ortho nitro benzene ring substituents is 1. The highest BCUT2D eigenvalue weighted by atomic mass is 35.5. The summed E-state index contributed by atoms with van der Waals surface area (Å²) in [5, 5.41) is 13.7. The lowest BCUT2D eigenvalue weighted by molar-refractivity contribution is -0.384. The van der Waals surface area contributed by atoms with E-state index in [1.54, 1.807) is 18.9 Å². The number of carbonyl (C=O) groups excluding carboxylic acids is 1. The molecule has 0 radical (unpaired) electrons. The van der Waals surface area contributed by atoms with Gasteiger partial charge in [0.1, 0.15) is 0 Å². The fraction of sp³-hybridized carbons (Fsp3) is 0.235. The van der Waals surface area contributed by atoms with Crippen LogP contribution in [0, 0.1) is 21.7 Å². The van der Waals surface area contributed by atoms with Gasteiger partial charge in [-0.3, -0.25) is 19.8 Å². The maximum Gasteiger partial charge on any atom is 0.269 e. The minimum Gasteiger partial charge on any atom is -0.325 e. The van der Waals surface area contributed by atoms with E-state index in [-0.39, 0.29) is 17.9 Å². The van der Waals surface area contributed by atoms with Crippen molar-refractivity contribution < 1.29 is 18.5 Å². The predicted octanol–water partition coefficient (Wildman–Crippen LogP) is 3.99. The van der Waals surface area contributed by atoms with E-state index in [0.29, 0.717) is 10.6 Å². The van der Waals surface area contributed by atoms with E-state index >= 15 is 0 Å². The molecule has 0 bridgehead atoms. The molecule has 0 saturated carbocycles. The number of nitro groups is 1. The number of anilines is 1. The Morgan fingerprint density at radius 3 is 2.58 bits per heavy atom. The fourth-order valence-corrected chi connectivity index (χ4v) is 2.40. The molecular formula is C17H16ClF2N3O3. The topological polar surface area (TPSA) is 75.5 Å². The van der Waals surface area contributed by atoms with Gasteiger partial charge in [0.2, 0.25) is 5.91 Å². The molecule has 0 heterocycles. The van der Waals surface area contributed by atoms with Gasteiger partial charge in [-0.15, -0.1) is 0 Å². The second-order valence-corrected chi connectivity index (χ2v) is 6.15. The normalized spacial score (nSPS) is 12.1. The van der Waals surface area contributed by atoms with Crippen LogP contribution in [-0.4, -0.2) is 28.8 Å². The number of likely N-dealkylation sites (N-methyl/N-ethyl adjacent to an activating group) is 1. The summed E-state index contributed by atoms with van der Waals surface area (Å²) < 4.78 is 26.2. The number of benzene rings is 2. The molecule has 0 aliphatic heterocycles. The molecule has 1 amide bonds. The number of rotatable bonds is 6. The average molecular weight is 384 g/mol. The molecule has 2 aromatic carbocycles. The standard InChI is InChI=1S/C17H16ClF2N3O3/c1-10(17(24)21-12-3-6-15(19)16(20)8-12)22(2)9-11-7-13(23(25)26)4-5-14(11)18/h3-8,10H,9H2,1-2H3,(H,21,24). The van der Waals surface area contributed by atoms with E-state index in [0.717, 1.165) is 12.1 Å². The van der Waals surface area contributed by atoms with Crippen molar-refractivity contribution in [3.8, 4) is 0 Å². The molecule has 0 fully saturated rings. The van der Waals surface area contributed by atoms with Crippen LogP contribution in [0.15, 0.2) is 36.4 Å². The maximum absolute atomic E-state index is 13.2. The van der Waals surface area contributed by atoms with Crippen molar-refractivity contribution in [2.24, 2.45) is 0 Å². The molecule has 1 unspecified atom stereocenters. The van der Waals surface area contributed by atoms with Crippen LogP contribution in [0.4, 0.5) is 20.2 Å². The Morgan fingerprint density at radius 1 is 1.27 bits per heavy atom. The molecule has 0 aliphatic carbocycles. The molecule has 0 spiro atoms. The van der Waals surface area contributed by atoms with Gasteiger partial charge in [0.25, 0.3) is 5.69 Å². The van der Waals surface area contributed by atoms with Gasteiger partial charge >= 0.3 is 0 Å². The van der Waals surface area contributed by atoms with Crippen molar-refractivity contribution >= 4 is 28.9 Å². The zero-order valence-electron chi connectivity index (χ0n) is 14.0. The average Bonchev–Trinajstić information content (AvgIpc) is 2.59. The summed E-state index contributed by atoms with van der Waals surface area (Å²) in [6, 6.07) is 6.47. The van der Waals surface area contributed by atoms with E-state index < -0.39 is 28.5 Å². The Morgan fingerprint density at radius 2 is 1.96 bits per heavy atom. The second kappa shape index (κ2) is 8.20. The Labute approximate surface area is 153 Å². The predicted molar refractivity (Wildman–Crippen MR) is 94.0 cm³/mol. The molecule has 6 nitrogen and oxygen atoms in total. The molecule has 0 saturated heterocycles. The van der Waals surface area contributed by atoms with Crippen molar-refractivity contribution in [3.05, 3.63) is 68.7 Å². The van der Waals surface area contributed by atoms with Crippen LogP contribution in [0.2, 0.25) is 5.02 Å². The first-order valence-corrected chi connectivity index (χ1v) is 7.96. The molecule has 1 N–H and O–H groups in total. The van der Waals surface area contributed by atoms with Crippen LogP contribution in [0.25, 0.3) is 0 Å². The van der Waals surface area contributed by atoms with E-state index in [4.69, 9.17) is 11.6 Å². The molecule has 2 rings (SSSR count). The molecule has 138 valence electrons. The van der Waals surface area contributed by atoms with Crippen molar-refractivity contribution in [1.29, 1.82) is 0 Å². The monoisotopic (exact) mass is 383 g/mol. The lowest BCUT2D eigenvalue weighted by Crippen LogP contribution is -2.39. The lowest BCUT2D eigenvalue weighted by atomic mass is 10.1. The first-order chi connectivity index (χ1) is 12.2. The number of nitrogens with zero attached hydrogens (tertiary/aromatic N) is 2. The van der Waals surface area contributed by atoms with Crippen LogP contribution >= 0.6 is 11.6 Å². The van der Waals surface area contributed by atoms with Crippen LogP contribution in [0.3, 0.4) is 0 Å². The van der Waals surface area contributed by atoms with Crippen LogP contribution < -0.4 is 5.32 Å².